The van der Waals surface area contributed by atoms with Gasteiger partial charge in [-0.3, -0.25) is 0 Å². The van der Waals surface area contributed by atoms with E-state index in [4.69, 9.17) is 0 Å². The van der Waals surface area contributed by atoms with Crippen molar-refractivity contribution in [3.8, 4) is 0 Å². The summed E-state index contributed by atoms with van der Waals surface area (Å²) >= 11 is 0. The second kappa shape index (κ2) is 8.83. The van der Waals surface area contributed by atoms with Crippen LogP contribution in [0.4, 0.5) is 5.69 Å². The summed E-state index contributed by atoms with van der Waals surface area (Å²) in [6, 6.07) is 24.1. The Labute approximate surface area is 184 Å². The Morgan fingerprint density at radius 1 is 0.871 bits per heavy atom. The minimum atomic E-state index is -3.71. The van der Waals surface area contributed by atoms with Gasteiger partial charge >= 0.3 is 0 Å². The van der Waals surface area contributed by atoms with E-state index in [2.05, 4.69) is 0 Å². The van der Waals surface area contributed by atoms with Crippen molar-refractivity contribution in [2.24, 2.45) is 0 Å². The zero-order chi connectivity index (χ0) is 22.0. The van der Waals surface area contributed by atoms with Crippen LogP contribution in [0.2, 0.25) is 0 Å². The highest BCUT2D eigenvalue weighted by atomic mass is 32.2. The van der Waals surface area contributed by atoms with Crippen LogP contribution < -0.4 is 4.90 Å². The number of nitrogens with zero attached hydrogens (tertiary/aromatic N) is 2. The fraction of sp³-hybridized carbons (Fsp3) is 0.280. The highest BCUT2D eigenvalue weighted by Crippen LogP contribution is 2.38. The fourth-order valence-corrected chi connectivity index (χ4v) is 6.05. The number of anilines is 1. The lowest BCUT2D eigenvalue weighted by atomic mass is 9.95. The molecule has 0 fully saturated rings. The molecule has 4 rings (SSSR count). The molecule has 2 unspecified atom stereocenters. The molecular weight excluding hydrogens is 408 g/mol. The number of hydrogen-bond donors (Lipinski definition) is 1. The number of hydrogen-bond acceptors (Lipinski definition) is 4. The number of aliphatic hydroxyl groups excluding tert-OH is 1. The molecule has 0 radical (unpaired) electrons. The van der Waals surface area contributed by atoms with E-state index in [1.807, 2.05) is 73.6 Å². The van der Waals surface area contributed by atoms with Crippen LogP contribution in [0.3, 0.4) is 0 Å². The Bertz CT molecular complexity index is 1130. The second-order valence-corrected chi connectivity index (χ2v) is 10.0. The summed E-state index contributed by atoms with van der Waals surface area (Å²) < 4.78 is 28.5. The van der Waals surface area contributed by atoms with Gasteiger partial charge in [0.15, 0.2) is 0 Å². The predicted molar refractivity (Wildman–Crippen MR) is 124 cm³/mol. The first-order valence-corrected chi connectivity index (χ1v) is 11.9. The maximum Gasteiger partial charge on any atom is 0.243 e. The Morgan fingerprint density at radius 2 is 1.52 bits per heavy atom. The predicted octanol–water partition coefficient (Wildman–Crippen LogP) is 3.64. The summed E-state index contributed by atoms with van der Waals surface area (Å²) in [5.74, 6) is 0. The molecule has 0 saturated heterocycles. The van der Waals surface area contributed by atoms with Gasteiger partial charge in [0.2, 0.25) is 10.0 Å². The molecule has 2 atom stereocenters. The van der Waals surface area contributed by atoms with Gasteiger partial charge in [0.05, 0.1) is 17.0 Å². The average molecular weight is 437 g/mol. The molecule has 31 heavy (non-hydrogen) atoms. The van der Waals surface area contributed by atoms with Crippen LogP contribution in [0.1, 0.15) is 22.8 Å². The van der Waals surface area contributed by atoms with Gasteiger partial charge in [0.1, 0.15) is 0 Å². The molecule has 162 valence electrons. The van der Waals surface area contributed by atoms with Gasteiger partial charge < -0.3 is 10.0 Å². The van der Waals surface area contributed by atoms with Crippen molar-refractivity contribution >= 4 is 15.7 Å². The summed E-state index contributed by atoms with van der Waals surface area (Å²) in [6.45, 7) is 0.318. The van der Waals surface area contributed by atoms with Crippen LogP contribution in [0.5, 0.6) is 0 Å². The third kappa shape index (κ3) is 4.37. The van der Waals surface area contributed by atoms with E-state index in [1.54, 1.807) is 24.3 Å². The van der Waals surface area contributed by atoms with Crippen LogP contribution in [0, 0.1) is 0 Å². The molecular formula is C25H28N2O3S. The first-order chi connectivity index (χ1) is 14.9. The molecule has 0 aromatic heterocycles. The monoisotopic (exact) mass is 436 g/mol. The average Bonchev–Trinajstić information content (AvgIpc) is 2.78. The molecule has 0 aliphatic carbocycles. The van der Waals surface area contributed by atoms with Gasteiger partial charge in [-0.15, -0.1) is 0 Å². The Kier molecular flexibility index (Phi) is 6.14. The van der Waals surface area contributed by atoms with Gasteiger partial charge in [-0.1, -0.05) is 60.7 Å². The number of aliphatic hydroxyl groups is 1. The summed E-state index contributed by atoms with van der Waals surface area (Å²) in [7, 11) is 0.250. The maximum absolute atomic E-state index is 13.5. The number of rotatable bonds is 6. The van der Waals surface area contributed by atoms with Crippen molar-refractivity contribution < 1.29 is 13.5 Å². The topological polar surface area (TPSA) is 60.9 Å². The van der Waals surface area contributed by atoms with Crippen molar-refractivity contribution in [2.75, 3.05) is 25.5 Å². The van der Waals surface area contributed by atoms with E-state index in [0.29, 0.717) is 24.9 Å². The minimum absolute atomic E-state index is 0.203. The lowest BCUT2D eigenvalue weighted by molar-refractivity contribution is 0.0801. The molecule has 3 aromatic carbocycles. The molecule has 0 spiro atoms. The van der Waals surface area contributed by atoms with Gasteiger partial charge in [-0.25, -0.2) is 8.42 Å². The molecule has 1 aliphatic heterocycles. The maximum atomic E-state index is 13.5. The Balaban J connectivity index is 1.68. The van der Waals surface area contributed by atoms with Crippen LogP contribution in [-0.4, -0.2) is 44.5 Å². The second-order valence-electron chi connectivity index (χ2n) is 8.17. The molecule has 0 amide bonds. The van der Waals surface area contributed by atoms with Crippen LogP contribution >= 0.6 is 0 Å². The van der Waals surface area contributed by atoms with E-state index in [9.17, 15) is 13.5 Å². The molecule has 5 nitrogen and oxygen atoms in total. The Morgan fingerprint density at radius 3 is 2.19 bits per heavy atom. The third-order valence-corrected chi connectivity index (χ3v) is 7.92. The minimum Gasteiger partial charge on any atom is -0.387 e. The highest BCUT2D eigenvalue weighted by molar-refractivity contribution is 7.89. The molecule has 0 saturated carbocycles. The smallest absolute Gasteiger partial charge is 0.243 e. The molecule has 6 heteroatoms. The largest absolute Gasteiger partial charge is 0.387 e. The van der Waals surface area contributed by atoms with E-state index in [-0.39, 0.29) is 4.90 Å². The normalized spacial score (nSPS) is 20.2. The van der Waals surface area contributed by atoms with E-state index in [0.717, 1.165) is 16.8 Å². The number of sulfonamides is 1. The molecule has 0 bridgehead atoms. The van der Waals surface area contributed by atoms with Crippen LogP contribution in [0.15, 0.2) is 83.8 Å². The lowest BCUT2D eigenvalue weighted by Crippen LogP contribution is -2.49. The summed E-state index contributed by atoms with van der Waals surface area (Å²) in [5.41, 5.74) is 3.62. The van der Waals surface area contributed by atoms with Crippen molar-refractivity contribution in [3.05, 3.63) is 95.6 Å². The van der Waals surface area contributed by atoms with Gasteiger partial charge in [0, 0.05) is 31.9 Å². The standard InChI is InChI=1S/C25H28N2O3S/c1-26(2)21-14-12-20(13-15-21)18-23-25(28)22-10-6-7-11-24(22)31(29,30)27(23)17-16-19-8-4-3-5-9-19/h3-15,23,25,28H,16-18H2,1-2H3. The van der Waals surface area contributed by atoms with Crippen molar-refractivity contribution in [2.45, 2.75) is 29.9 Å². The summed E-state index contributed by atoms with van der Waals surface area (Å²) in [4.78, 5) is 2.22. The van der Waals surface area contributed by atoms with Crippen molar-refractivity contribution in [1.82, 2.24) is 4.31 Å². The molecule has 3 aromatic rings. The van der Waals surface area contributed by atoms with Crippen LogP contribution in [-0.2, 0) is 22.9 Å². The van der Waals surface area contributed by atoms with E-state index in [1.165, 1.54) is 4.31 Å². The number of fused-ring (bicyclic) bond motifs is 1. The fourth-order valence-electron chi connectivity index (χ4n) is 4.18. The van der Waals surface area contributed by atoms with Gasteiger partial charge in [0.25, 0.3) is 0 Å². The van der Waals surface area contributed by atoms with Crippen LogP contribution in [0.25, 0.3) is 0 Å². The van der Waals surface area contributed by atoms with Gasteiger partial charge in [-0.05, 0) is 42.2 Å². The molecule has 1 aliphatic rings. The van der Waals surface area contributed by atoms with Crippen molar-refractivity contribution in [1.29, 1.82) is 0 Å². The first-order valence-electron chi connectivity index (χ1n) is 10.5. The SMILES string of the molecule is CN(C)c1ccc(CC2C(O)c3ccccc3S(=O)(=O)N2CCc2ccccc2)cc1. The first kappa shape index (κ1) is 21.6. The number of benzene rings is 3. The zero-order valence-electron chi connectivity index (χ0n) is 17.8. The van der Waals surface area contributed by atoms with Gasteiger partial charge in [-0.2, -0.15) is 4.31 Å². The summed E-state index contributed by atoms with van der Waals surface area (Å²) in [6.07, 6.45) is 0.145. The van der Waals surface area contributed by atoms with E-state index < -0.39 is 22.2 Å². The molecule has 1 N–H and O–H groups in total. The van der Waals surface area contributed by atoms with Crippen molar-refractivity contribution in [3.63, 3.8) is 0 Å². The summed E-state index contributed by atoms with van der Waals surface area (Å²) in [5, 5.41) is 11.2. The molecule has 1 heterocycles. The van der Waals surface area contributed by atoms with E-state index >= 15 is 0 Å². The third-order valence-electron chi connectivity index (χ3n) is 5.92. The Hall–Kier alpha value is -2.67. The quantitative estimate of drug-likeness (QED) is 0.641. The lowest BCUT2D eigenvalue weighted by Gasteiger charge is -2.39. The zero-order valence-corrected chi connectivity index (χ0v) is 18.7. The highest BCUT2D eigenvalue weighted by Gasteiger charge is 2.43.